The first-order valence-electron chi connectivity index (χ1n) is 7.05. The maximum Gasteiger partial charge on any atom is 0.191 e. The van der Waals surface area contributed by atoms with Crippen LogP contribution in [0, 0.1) is 0 Å². The van der Waals surface area contributed by atoms with Gasteiger partial charge in [0.15, 0.2) is 11.0 Å². The molecule has 1 atom stereocenters. The molecule has 0 amide bonds. The molecule has 2 rings (SSSR count). The molecule has 0 bridgehead atoms. The summed E-state index contributed by atoms with van der Waals surface area (Å²) in [7, 11) is 1.89. The number of hydrogen-bond donors (Lipinski definition) is 1. The molecular formula is C15H20ClN3O2S. The predicted molar refractivity (Wildman–Crippen MR) is 89.3 cm³/mol. The maximum atomic E-state index is 9.89. The summed E-state index contributed by atoms with van der Waals surface area (Å²) in [6, 6.07) is 7.52. The topological polar surface area (TPSA) is 60.2 Å². The Kier molecular flexibility index (Phi) is 6.26. The number of aromatic nitrogens is 3. The molecule has 2 aromatic rings. The van der Waals surface area contributed by atoms with Crippen molar-refractivity contribution in [2.75, 3.05) is 12.4 Å². The third kappa shape index (κ3) is 4.46. The number of nitrogens with zero attached hydrogens (tertiary/aromatic N) is 3. The van der Waals surface area contributed by atoms with E-state index in [4.69, 9.17) is 16.3 Å². The van der Waals surface area contributed by atoms with Gasteiger partial charge in [-0.25, -0.2) is 0 Å². The molecule has 0 aliphatic carbocycles. The maximum absolute atomic E-state index is 9.89. The van der Waals surface area contributed by atoms with Gasteiger partial charge < -0.3 is 14.4 Å². The van der Waals surface area contributed by atoms with Crippen LogP contribution in [0.1, 0.15) is 13.8 Å². The Bertz CT molecular complexity index is 619. The molecule has 0 saturated carbocycles. The number of hydrogen-bond acceptors (Lipinski definition) is 5. The Labute approximate surface area is 139 Å². The van der Waals surface area contributed by atoms with Crippen LogP contribution in [0.2, 0.25) is 5.02 Å². The molecule has 0 aliphatic rings. The van der Waals surface area contributed by atoms with Gasteiger partial charge in [0.2, 0.25) is 0 Å². The second-order valence-corrected chi connectivity index (χ2v) is 6.59. The van der Waals surface area contributed by atoms with Crippen LogP contribution in [0.25, 0.3) is 11.4 Å². The fourth-order valence-corrected chi connectivity index (χ4v) is 2.88. The van der Waals surface area contributed by atoms with Crippen LogP contribution >= 0.6 is 23.4 Å². The van der Waals surface area contributed by atoms with Crippen molar-refractivity contribution in [1.82, 2.24) is 14.8 Å². The highest BCUT2D eigenvalue weighted by Crippen LogP contribution is 2.28. The smallest absolute Gasteiger partial charge is 0.191 e. The molecule has 0 radical (unpaired) electrons. The summed E-state index contributed by atoms with van der Waals surface area (Å²) in [6.45, 7) is 4.21. The van der Waals surface area contributed by atoms with Gasteiger partial charge in [-0.05, 0) is 26.0 Å². The van der Waals surface area contributed by atoms with Crippen LogP contribution in [-0.2, 0) is 11.8 Å². The number of ether oxygens (including phenoxy) is 1. The van der Waals surface area contributed by atoms with Gasteiger partial charge in [-0.2, -0.15) is 0 Å². The summed E-state index contributed by atoms with van der Waals surface area (Å²) < 4.78 is 7.27. The molecular weight excluding hydrogens is 322 g/mol. The average molecular weight is 342 g/mol. The third-order valence-electron chi connectivity index (χ3n) is 2.98. The van der Waals surface area contributed by atoms with E-state index in [1.165, 1.54) is 11.8 Å². The average Bonchev–Trinajstić information content (AvgIpc) is 2.84. The summed E-state index contributed by atoms with van der Waals surface area (Å²) in [6.07, 6.45) is -0.422. The Hall–Kier alpha value is -1.08. The van der Waals surface area contributed by atoms with E-state index in [9.17, 15) is 5.11 Å². The Balaban J connectivity index is 2.01. The van der Waals surface area contributed by atoms with Crippen LogP contribution in [0.4, 0.5) is 0 Å². The van der Waals surface area contributed by atoms with E-state index in [0.29, 0.717) is 23.2 Å². The van der Waals surface area contributed by atoms with Gasteiger partial charge in [0, 0.05) is 18.4 Å². The quantitative estimate of drug-likeness (QED) is 0.784. The van der Waals surface area contributed by atoms with Gasteiger partial charge in [-0.1, -0.05) is 35.5 Å². The van der Waals surface area contributed by atoms with Gasteiger partial charge in [0.25, 0.3) is 0 Å². The number of aliphatic hydroxyl groups excluding tert-OH is 1. The number of thioether (sulfide) groups is 1. The normalized spacial score (nSPS) is 12.8. The number of aliphatic hydroxyl groups is 1. The van der Waals surface area contributed by atoms with Crippen molar-refractivity contribution in [1.29, 1.82) is 0 Å². The summed E-state index contributed by atoms with van der Waals surface area (Å²) in [5.74, 6) is 1.21. The molecule has 1 aromatic heterocycles. The van der Waals surface area contributed by atoms with Gasteiger partial charge in [-0.15, -0.1) is 10.2 Å². The fourth-order valence-electron chi connectivity index (χ4n) is 1.84. The van der Waals surface area contributed by atoms with E-state index >= 15 is 0 Å². The van der Waals surface area contributed by atoms with Gasteiger partial charge in [-0.3, -0.25) is 0 Å². The molecule has 5 nitrogen and oxygen atoms in total. The van der Waals surface area contributed by atoms with E-state index < -0.39 is 6.10 Å². The number of halogens is 1. The molecule has 0 spiro atoms. The lowest BCUT2D eigenvalue weighted by Gasteiger charge is -2.12. The minimum absolute atomic E-state index is 0.112. The third-order valence-corrected chi connectivity index (χ3v) is 4.47. The summed E-state index contributed by atoms with van der Waals surface area (Å²) in [5, 5.41) is 19.6. The molecule has 0 aliphatic heterocycles. The van der Waals surface area contributed by atoms with Crippen molar-refractivity contribution in [3.05, 3.63) is 29.3 Å². The first-order valence-corrected chi connectivity index (χ1v) is 8.42. The van der Waals surface area contributed by atoms with E-state index in [-0.39, 0.29) is 6.10 Å². The molecule has 1 unspecified atom stereocenters. The van der Waals surface area contributed by atoms with E-state index in [0.717, 1.165) is 10.7 Å². The molecule has 0 fully saturated rings. The van der Waals surface area contributed by atoms with Gasteiger partial charge >= 0.3 is 0 Å². The van der Waals surface area contributed by atoms with Gasteiger partial charge in [0.1, 0.15) is 0 Å². The first-order chi connectivity index (χ1) is 10.5. The van der Waals surface area contributed by atoms with Crippen LogP contribution < -0.4 is 0 Å². The molecule has 7 heteroatoms. The minimum atomic E-state index is -0.534. The van der Waals surface area contributed by atoms with Crippen molar-refractivity contribution in [3.63, 3.8) is 0 Å². The van der Waals surface area contributed by atoms with Crippen molar-refractivity contribution in [3.8, 4) is 11.4 Å². The Morgan fingerprint density at radius 1 is 1.32 bits per heavy atom. The van der Waals surface area contributed by atoms with Crippen molar-refractivity contribution < 1.29 is 9.84 Å². The van der Waals surface area contributed by atoms with Crippen LogP contribution in [0.3, 0.4) is 0 Å². The van der Waals surface area contributed by atoms with Crippen LogP contribution in [-0.4, -0.2) is 44.4 Å². The summed E-state index contributed by atoms with van der Waals surface area (Å²) >= 11 is 7.64. The molecule has 1 N–H and O–H groups in total. The largest absolute Gasteiger partial charge is 0.390 e. The summed E-state index contributed by atoms with van der Waals surface area (Å²) in [5.41, 5.74) is 0.842. The highest BCUT2D eigenvalue weighted by Gasteiger charge is 2.15. The lowest BCUT2D eigenvalue weighted by molar-refractivity contribution is 0.0152. The predicted octanol–water partition coefficient (Wildman–Crippen LogP) is 3.01. The van der Waals surface area contributed by atoms with Gasteiger partial charge in [0.05, 0.1) is 23.8 Å². The zero-order valence-electron chi connectivity index (χ0n) is 12.9. The fraction of sp³-hybridized carbons (Fsp3) is 0.467. The van der Waals surface area contributed by atoms with Crippen molar-refractivity contribution in [2.24, 2.45) is 7.05 Å². The van der Waals surface area contributed by atoms with Crippen LogP contribution in [0.5, 0.6) is 0 Å². The van der Waals surface area contributed by atoms with E-state index in [1.807, 2.05) is 49.7 Å². The zero-order chi connectivity index (χ0) is 16.1. The molecule has 1 aromatic carbocycles. The van der Waals surface area contributed by atoms with E-state index in [1.54, 1.807) is 0 Å². The second kappa shape index (κ2) is 7.97. The Morgan fingerprint density at radius 2 is 2.05 bits per heavy atom. The SMILES string of the molecule is CC(C)OCC(O)CSc1nnc(-c2ccccc2Cl)n1C. The van der Waals surface area contributed by atoms with Crippen LogP contribution in [0.15, 0.2) is 29.4 Å². The minimum Gasteiger partial charge on any atom is -0.390 e. The second-order valence-electron chi connectivity index (χ2n) is 5.19. The molecule has 120 valence electrons. The lowest BCUT2D eigenvalue weighted by atomic mass is 10.2. The molecule has 0 saturated heterocycles. The van der Waals surface area contributed by atoms with Crippen molar-refractivity contribution >= 4 is 23.4 Å². The standard InChI is InChI=1S/C15H20ClN3O2S/c1-10(2)21-8-11(20)9-22-15-18-17-14(19(15)3)12-6-4-5-7-13(12)16/h4-7,10-11,20H,8-9H2,1-3H3. The molecule has 22 heavy (non-hydrogen) atoms. The number of benzene rings is 1. The zero-order valence-corrected chi connectivity index (χ0v) is 14.4. The highest BCUT2D eigenvalue weighted by molar-refractivity contribution is 7.99. The first kappa shape index (κ1) is 17.3. The number of rotatable bonds is 7. The lowest BCUT2D eigenvalue weighted by Crippen LogP contribution is -2.20. The highest BCUT2D eigenvalue weighted by atomic mass is 35.5. The molecule has 1 heterocycles. The Morgan fingerprint density at radius 3 is 2.73 bits per heavy atom. The van der Waals surface area contributed by atoms with E-state index in [2.05, 4.69) is 10.2 Å². The summed E-state index contributed by atoms with van der Waals surface area (Å²) in [4.78, 5) is 0. The van der Waals surface area contributed by atoms with Crippen molar-refractivity contribution in [2.45, 2.75) is 31.2 Å². The monoisotopic (exact) mass is 341 g/mol.